The van der Waals surface area contributed by atoms with Gasteiger partial charge in [-0.25, -0.2) is 0 Å². The minimum absolute atomic E-state index is 0.0215. The molecule has 2 rings (SSSR count). The summed E-state index contributed by atoms with van der Waals surface area (Å²) in [7, 11) is 0. The largest absolute Gasteiger partial charge is 0.480 e. The number of carbonyl (C=O) groups is 2. The Balaban J connectivity index is 2.13. The Kier molecular flexibility index (Phi) is 8.00. The molecule has 0 radical (unpaired) electrons. The average molecular weight is 348 g/mol. The quantitative estimate of drug-likeness (QED) is 0.574. The Morgan fingerprint density at radius 3 is 1.84 bits per heavy atom. The predicted molar refractivity (Wildman–Crippen MR) is 97.0 cm³/mol. The minimum atomic E-state index is -0.871. The number of ketones is 1. The van der Waals surface area contributed by atoms with E-state index in [2.05, 4.69) is 16.0 Å². The fourth-order valence-electron chi connectivity index (χ4n) is 2.95. The van der Waals surface area contributed by atoms with Crippen molar-refractivity contribution in [2.45, 2.75) is 13.0 Å². The standard InChI is InChI=1S/C18H28N4O3/c1-14(23)15-2-4-16(5-3-15)17(18(24)25)22-12-10-20-8-6-19-7-9-21-11-13-22/h2-5,17,19-21H,6-13H2,1H3,(H,24,25). The molecule has 25 heavy (non-hydrogen) atoms. The van der Waals surface area contributed by atoms with Crippen LogP contribution in [0.4, 0.5) is 0 Å². The number of rotatable bonds is 4. The highest BCUT2D eigenvalue weighted by atomic mass is 16.4. The Morgan fingerprint density at radius 2 is 1.40 bits per heavy atom. The first-order chi connectivity index (χ1) is 12.1. The van der Waals surface area contributed by atoms with E-state index in [4.69, 9.17) is 0 Å². The Bertz CT molecular complexity index is 550. The van der Waals surface area contributed by atoms with Crippen LogP contribution in [-0.2, 0) is 4.79 Å². The molecule has 1 heterocycles. The number of Topliss-reactive ketones (excluding diaryl/α,β-unsaturated/α-hetero) is 1. The van der Waals surface area contributed by atoms with Gasteiger partial charge in [-0.3, -0.25) is 14.5 Å². The summed E-state index contributed by atoms with van der Waals surface area (Å²) >= 11 is 0. The molecule has 0 bridgehead atoms. The van der Waals surface area contributed by atoms with Gasteiger partial charge < -0.3 is 21.1 Å². The highest BCUT2D eigenvalue weighted by Crippen LogP contribution is 2.21. The summed E-state index contributed by atoms with van der Waals surface area (Å²) in [5.41, 5.74) is 1.30. The summed E-state index contributed by atoms with van der Waals surface area (Å²) in [6.45, 7) is 7.78. The van der Waals surface area contributed by atoms with Crippen LogP contribution in [0.25, 0.3) is 0 Å². The molecular weight excluding hydrogens is 320 g/mol. The molecular formula is C18H28N4O3. The molecule has 1 saturated heterocycles. The van der Waals surface area contributed by atoms with E-state index in [1.54, 1.807) is 24.3 Å². The molecule has 0 saturated carbocycles. The van der Waals surface area contributed by atoms with Gasteiger partial charge in [0.05, 0.1) is 0 Å². The number of carboxylic acids is 1. The van der Waals surface area contributed by atoms with E-state index >= 15 is 0 Å². The van der Waals surface area contributed by atoms with Gasteiger partial charge in [-0.1, -0.05) is 24.3 Å². The maximum atomic E-state index is 11.9. The van der Waals surface area contributed by atoms with Crippen molar-refractivity contribution in [3.63, 3.8) is 0 Å². The molecule has 1 fully saturated rings. The van der Waals surface area contributed by atoms with Crippen LogP contribution in [0.3, 0.4) is 0 Å². The van der Waals surface area contributed by atoms with Crippen molar-refractivity contribution in [3.8, 4) is 0 Å². The van der Waals surface area contributed by atoms with Crippen LogP contribution in [0.1, 0.15) is 28.9 Å². The van der Waals surface area contributed by atoms with Crippen molar-refractivity contribution in [2.24, 2.45) is 0 Å². The van der Waals surface area contributed by atoms with E-state index in [0.29, 0.717) is 24.2 Å². The zero-order chi connectivity index (χ0) is 18.1. The number of hydrogen-bond donors (Lipinski definition) is 4. The summed E-state index contributed by atoms with van der Waals surface area (Å²) in [4.78, 5) is 25.3. The summed E-state index contributed by atoms with van der Waals surface area (Å²) in [6.07, 6.45) is 0. The molecule has 0 aliphatic carbocycles. The molecule has 1 aromatic carbocycles. The maximum absolute atomic E-state index is 11.9. The maximum Gasteiger partial charge on any atom is 0.325 e. The van der Waals surface area contributed by atoms with E-state index < -0.39 is 12.0 Å². The summed E-state index contributed by atoms with van der Waals surface area (Å²) in [5, 5.41) is 19.8. The van der Waals surface area contributed by atoms with E-state index in [-0.39, 0.29) is 5.78 Å². The highest BCUT2D eigenvalue weighted by molar-refractivity contribution is 5.94. The molecule has 7 nitrogen and oxygen atoms in total. The van der Waals surface area contributed by atoms with Crippen LogP contribution >= 0.6 is 0 Å². The summed E-state index contributed by atoms with van der Waals surface area (Å²) < 4.78 is 0. The van der Waals surface area contributed by atoms with Crippen molar-refractivity contribution in [3.05, 3.63) is 35.4 Å². The number of nitrogens with one attached hydrogen (secondary N) is 3. The summed E-state index contributed by atoms with van der Waals surface area (Å²) in [5.74, 6) is -0.893. The lowest BCUT2D eigenvalue weighted by Gasteiger charge is -2.30. The van der Waals surface area contributed by atoms with Crippen LogP contribution in [0, 0.1) is 0 Å². The first-order valence-corrected chi connectivity index (χ1v) is 8.79. The van der Waals surface area contributed by atoms with Crippen LogP contribution < -0.4 is 16.0 Å². The second-order valence-electron chi connectivity index (χ2n) is 6.20. The number of aliphatic carboxylic acids is 1. The van der Waals surface area contributed by atoms with Gasteiger partial charge in [0.15, 0.2) is 5.78 Å². The molecule has 4 N–H and O–H groups in total. The minimum Gasteiger partial charge on any atom is -0.480 e. The van der Waals surface area contributed by atoms with Gasteiger partial charge in [-0.15, -0.1) is 0 Å². The fraction of sp³-hybridized carbons (Fsp3) is 0.556. The predicted octanol–water partition coefficient (Wildman–Crippen LogP) is 0.0993. The van der Waals surface area contributed by atoms with Crippen molar-refractivity contribution in [1.82, 2.24) is 20.9 Å². The molecule has 0 amide bonds. The van der Waals surface area contributed by atoms with Gasteiger partial charge in [-0.2, -0.15) is 0 Å². The Labute approximate surface area is 148 Å². The number of carbonyl (C=O) groups excluding carboxylic acids is 1. The molecule has 1 atom stereocenters. The van der Waals surface area contributed by atoms with Crippen molar-refractivity contribution >= 4 is 11.8 Å². The highest BCUT2D eigenvalue weighted by Gasteiger charge is 2.27. The van der Waals surface area contributed by atoms with Crippen molar-refractivity contribution in [2.75, 3.05) is 52.4 Å². The lowest BCUT2D eigenvalue weighted by molar-refractivity contribution is -0.143. The Hall–Kier alpha value is -1.80. The topological polar surface area (TPSA) is 93.7 Å². The average Bonchev–Trinajstić information content (AvgIpc) is 2.57. The lowest BCUT2D eigenvalue weighted by Crippen LogP contribution is -2.44. The molecule has 1 aliphatic rings. The third-order valence-electron chi connectivity index (χ3n) is 4.34. The van der Waals surface area contributed by atoms with Crippen LogP contribution in [-0.4, -0.2) is 74.1 Å². The Morgan fingerprint density at radius 1 is 0.920 bits per heavy atom. The van der Waals surface area contributed by atoms with Gasteiger partial charge in [-0.05, 0) is 12.5 Å². The first kappa shape index (κ1) is 19.5. The van der Waals surface area contributed by atoms with E-state index in [1.807, 2.05) is 4.90 Å². The third-order valence-corrected chi connectivity index (χ3v) is 4.34. The fourth-order valence-corrected chi connectivity index (χ4v) is 2.95. The molecule has 1 unspecified atom stereocenters. The number of benzene rings is 1. The summed E-state index contributed by atoms with van der Waals surface area (Å²) in [6, 6.07) is 6.18. The van der Waals surface area contributed by atoms with Crippen molar-refractivity contribution in [1.29, 1.82) is 0 Å². The van der Waals surface area contributed by atoms with Crippen LogP contribution in [0.2, 0.25) is 0 Å². The zero-order valence-electron chi connectivity index (χ0n) is 14.8. The lowest BCUT2D eigenvalue weighted by atomic mass is 10.0. The molecule has 0 aromatic heterocycles. The van der Waals surface area contributed by atoms with Gasteiger partial charge >= 0.3 is 5.97 Å². The molecule has 7 heteroatoms. The first-order valence-electron chi connectivity index (χ1n) is 8.79. The SMILES string of the molecule is CC(=O)c1ccc(C(C(=O)O)N2CCNCCNCCNCC2)cc1. The molecule has 138 valence electrons. The number of carboxylic acid groups (broad SMARTS) is 1. The molecule has 0 spiro atoms. The van der Waals surface area contributed by atoms with Gasteiger partial charge in [0, 0.05) is 57.9 Å². The van der Waals surface area contributed by atoms with E-state index in [1.165, 1.54) is 6.92 Å². The van der Waals surface area contributed by atoms with Gasteiger partial charge in [0.25, 0.3) is 0 Å². The van der Waals surface area contributed by atoms with Crippen LogP contribution in [0.15, 0.2) is 24.3 Å². The number of nitrogens with zero attached hydrogens (tertiary/aromatic N) is 1. The second-order valence-corrected chi connectivity index (χ2v) is 6.20. The second kappa shape index (κ2) is 10.2. The number of hydrogen-bond acceptors (Lipinski definition) is 6. The smallest absolute Gasteiger partial charge is 0.325 e. The molecule has 1 aliphatic heterocycles. The van der Waals surface area contributed by atoms with Crippen molar-refractivity contribution < 1.29 is 14.7 Å². The van der Waals surface area contributed by atoms with E-state index in [9.17, 15) is 14.7 Å². The van der Waals surface area contributed by atoms with Gasteiger partial charge in [0.2, 0.25) is 0 Å². The zero-order valence-corrected chi connectivity index (χ0v) is 14.8. The monoisotopic (exact) mass is 348 g/mol. The molecule has 1 aromatic rings. The van der Waals surface area contributed by atoms with E-state index in [0.717, 1.165) is 39.3 Å². The van der Waals surface area contributed by atoms with Gasteiger partial charge in [0.1, 0.15) is 6.04 Å². The van der Waals surface area contributed by atoms with Crippen LogP contribution in [0.5, 0.6) is 0 Å². The normalized spacial score (nSPS) is 19.4. The third kappa shape index (κ3) is 6.21.